The summed E-state index contributed by atoms with van der Waals surface area (Å²) in [5.41, 5.74) is 1.25. The third kappa shape index (κ3) is 4.08. The van der Waals surface area contributed by atoms with Gasteiger partial charge in [-0.05, 0) is 25.1 Å². The summed E-state index contributed by atoms with van der Waals surface area (Å²) in [6, 6.07) is 0. The minimum Gasteiger partial charge on any atom is -0.382 e. The fourth-order valence-corrected chi connectivity index (χ4v) is 1.81. The highest BCUT2D eigenvalue weighted by atomic mass is 32.1. The molecule has 16 heavy (non-hydrogen) atoms. The summed E-state index contributed by atoms with van der Waals surface area (Å²) in [6.07, 6.45) is 3.95. The van der Waals surface area contributed by atoms with Gasteiger partial charge >= 0.3 is 0 Å². The maximum atomic E-state index is 5.40. The predicted molar refractivity (Wildman–Crippen MR) is 66.3 cm³/mol. The van der Waals surface area contributed by atoms with Crippen LogP contribution in [-0.2, 0) is 22.4 Å². The number of nitrogens with zero attached hydrogens (tertiary/aromatic N) is 1. The van der Waals surface area contributed by atoms with E-state index in [1.165, 1.54) is 5.69 Å². The molecule has 4 nitrogen and oxygen atoms in total. The first kappa shape index (κ1) is 13.4. The Kier molecular flexibility index (Phi) is 6.37. The van der Waals surface area contributed by atoms with Crippen molar-refractivity contribution >= 4 is 12.2 Å². The molecule has 1 rings (SSSR count). The van der Waals surface area contributed by atoms with Crippen LogP contribution in [0.5, 0.6) is 0 Å². The van der Waals surface area contributed by atoms with E-state index in [4.69, 9.17) is 21.7 Å². The summed E-state index contributed by atoms with van der Waals surface area (Å²) in [5.74, 6) is 0. The van der Waals surface area contributed by atoms with Crippen LogP contribution in [0.25, 0.3) is 0 Å². The zero-order valence-electron chi connectivity index (χ0n) is 9.99. The molecule has 0 atom stereocenters. The normalized spacial score (nSPS) is 10.9. The van der Waals surface area contributed by atoms with E-state index >= 15 is 0 Å². The van der Waals surface area contributed by atoms with E-state index in [1.54, 1.807) is 7.11 Å². The Bertz CT molecular complexity index is 346. The Morgan fingerprint density at radius 3 is 2.88 bits per heavy atom. The molecule has 0 aliphatic rings. The van der Waals surface area contributed by atoms with Crippen molar-refractivity contribution in [1.82, 2.24) is 9.55 Å². The average Bonchev–Trinajstić information content (AvgIpc) is 2.65. The van der Waals surface area contributed by atoms with Gasteiger partial charge < -0.3 is 19.0 Å². The molecule has 0 bridgehead atoms. The Morgan fingerprint density at radius 1 is 1.38 bits per heavy atom. The smallest absolute Gasteiger partial charge is 0.177 e. The number of aryl methyl sites for hydroxylation is 1. The molecule has 1 aromatic rings. The van der Waals surface area contributed by atoms with Gasteiger partial charge in [-0.3, -0.25) is 0 Å². The van der Waals surface area contributed by atoms with Crippen LogP contribution >= 0.6 is 12.2 Å². The second-order valence-corrected chi connectivity index (χ2v) is 3.94. The fourth-order valence-electron chi connectivity index (χ4n) is 1.54. The molecule has 92 valence electrons. The number of methoxy groups -OCH3 is 1. The lowest BCUT2D eigenvalue weighted by Gasteiger charge is -2.07. The summed E-state index contributed by atoms with van der Waals surface area (Å²) in [4.78, 5) is 3.07. The van der Waals surface area contributed by atoms with Gasteiger partial charge in [0.05, 0.1) is 13.2 Å². The van der Waals surface area contributed by atoms with Gasteiger partial charge in [-0.2, -0.15) is 0 Å². The Morgan fingerprint density at radius 2 is 2.19 bits per heavy atom. The van der Waals surface area contributed by atoms with Crippen molar-refractivity contribution in [2.24, 2.45) is 0 Å². The first-order valence-electron chi connectivity index (χ1n) is 5.63. The standard InChI is InChI=1S/C11H20N2O2S/c1-3-10-9-12-11(16)13(10)5-4-6-15-8-7-14-2/h9H,3-8H2,1-2H3,(H,12,16). The quantitative estimate of drug-likeness (QED) is 0.562. The number of rotatable bonds is 8. The van der Waals surface area contributed by atoms with Gasteiger partial charge in [-0.15, -0.1) is 0 Å². The highest BCUT2D eigenvalue weighted by Crippen LogP contribution is 2.04. The monoisotopic (exact) mass is 244 g/mol. The first-order valence-corrected chi connectivity index (χ1v) is 6.04. The minimum absolute atomic E-state index is 0.657. The largest absolute Gasteiger partial charge is 0.382 e. The second kappa shape index (κ2) is 7.60. The highest BCUT2D eigenvalue weighted by Gasteiger charge is 2.01. The lowest BCUT2D eigenvalue weighted by Crippen LogP contribution is -2.08. The van der Waals surface area contributed by atoms with Crippen LogP contribution in [0.2, 0.25) is 0 Å². The number of hydrogen-bond donors (Lipinski definition) is 1. The lowest BCUT2D eigenvalue weighted by molar-refractivity contribution is 0.0679. The SMILES string of the molecule is CCc1c[nH]c(=S)n1CCCOCCOC. The molecule has 1 aromatic heterocycles. The number of H-pyrrole nitrogens is 1. The van der Waals surface area contributed by atoms with E-state index in [9.17, 15) is 0 Å². The molecule has 1 heterocycles. The molecule has 0 saturated heterocycles. The van der Waals surface area contributed by atoms with Crippen molar-refractivity contribution < 1.29 is 9.47 Å². The third-order valence-electron chi connectivity index (χ3n) is 2.42. The summed E-state index contributed by atoms with van der Waals surface area (Å²) in [7, 11) is 1.68. The molecule has 1 N–H and O–H groups in total. The maximum absolute atomic E-state index is 5.40. The van der Waals surface area contributed by atoms with Crippen molar-refractivity contribution in [2.45, 2.75) is 26.3 Å². The Labute approximate surface area is 102 Å². The van der Waals surface area contributed by atoms with Gasteiger partial charge in [-0.1, -0.05) is 6.92 Å². The maximum Gasteiger partial charge on any atom is 0.177 e. The molecule has 0 radical (unpaired) electrons. The number of hydrogen-bond acceptors (Lipinski definition) is 3. The zero-order chi connectivity index (χ0) is 11.8. The van der Waals surface area contributed by atoms with Crippen molar-refractivity contribution in [2.75, 3.05) is 26.9 Å². The summed E-state index contributed by atoms with van der Waals surface area (Å²) >= 11 is 5.21. The van der Waals surface area contributed by atoms with Crippen LogP contribution in [0.4, 0.5) is 0 Å². The van der Waals surface area contributed by atoms with Gasteiger partial charge in [0.1, 0.15) is 0 Å². The Balaban J connectivity index is 2.26. The van der Waals surface area contributed by atoms with Crippen LogP contribution in [-0.4, -0.2) is 36.5 Å². The van der Waals surface area contributed by atoms with E-state index in [-0.39, 0.29) is 0 Å². The molecule has 0 aliphatic heterocycles. The molecule has 0 spiro atoms. The summed E-state index contributed by atoms with van der Waals surface area (Å²) in [6.45, 7) is 5.11. The topological polar surface area (TPSA) is 39.2 Å². The van der Waals surface area contributed by atoms with Crippen LogP contribution < -0.4 is 0 Å². The van der Waals surface area contributed by atoms with Crippen LogP contribution in [0.3, 0.4) is 0 Å². The average molecular weight is 244 g/mol. The van der Waals surface area contributed by atoms with Gasteiger partial charge in [-0.25, -0.2) is 0 Å². The van der Waals surface area contributed by atoms with Gasteiger partial charge in [0, 0.05) is 32.2 Å². The molecule has 0 amide bonds. The number of aromatic nitrogens is 2. The van der Waals surface area contributed by atoms with E-state index < -0.39 is 0 Å². The lowest BCUT2D eigenvalue weighted by atomic mass is 10.3. The molecular formula is C11H20N2O2S. The molecule has 0 aromatic carbocycles. The number of imidazole rings is 1. The molecular weight excluding hydrogens is 224 g/mol. The van der Waals surface area contributed by atoms with Gasteiger partial charge in [0.15, 0.2) is 4.77 Å². The number of ether oxygens (including phenoxy) is 2. The first-order chi connectivity index (χ1) is 7.79. The van der Waals surface area contributed by atoms with Crippen LogP contribution in [0, 0.1) is 4.77 Å². The summed E-state index contributed by atoms with van der Waals surface area (Å²) < 4.78 is 13.2. The fraction of sp³-hybridized carbons (Fsp3) is 0.727. The molecule has 5 heteroatoms. The zero-order valence-corrected chi connectivity index (χ0v) is 10.8. The Hall–Kier alpha value is -0.650. The summed E-state index contributed by atoms with van der Waals surface area (Å²) in [5, 5.41) is 0. The van der Waals surface area contributed by atoms with Crippen LogP contribution in [0.15, 0.2) is 6.20 Å². The molecule has 0 unspecified atom stereocenters. The van der Waals surface area contributed by atoms with E-state index in [0.29, 0.717) is 13.2 Å². The molecule has 0 saturated carbocycles. The second-order valence-electron chi connectivity index (χ2n) is 3.55. The van der Waals surface area contributed by atoms with Crippen LogP contribution in [0.1, 0.15) is 19.0 Å². The van der Waals surface area contributed by atoms with Crippen molar-refractivity contribution in [3.05, 3.63) is 16.7 Å². The molecule has 0 fully saturated rings. The highest BCUT2D eigenvalue weighted by molar-refractivity contribution is 7.71. The molecule has 0 aliphatic carbocycles. The van der Waals surface area contributed by atoms with Crippen molar-refractivity contribution in [1.29, 1.82) is 0 Å². The van der Waals surface area contributed by atoms with Gasteiger partial charge in [0.2, 0.25) is 0 Å². The third-order valence-corrected chi connectivity index (χ3v) is 2.76. The van der Waals surface area contributed by atoms with E-state index in [2.05, 4.69) is 16.5 Å². The number of aromatic amines is 1. The van der Waals surface area contributed by atoms with E-state index in [0.717, 1.165) is 30.8 Å². The predicted octanol–water partition coefficient (Wildman–Crippen LogP) is 2.16. The van der Waals surface area contributed by atoms with Gasteiger partial charge in [0.25, 0.3) is 0 Å². The van der Waals surface area contributed by atoms with Crippen molar-refractivity contribution in [3.8, 4) is 0 Å². The minimum atomic E-state index is 0.657. The van der Waals surface area contributed by atoms with E-state index in [1.807, 2.05) is 6.20 Å². The van der Waals surface area contributed by atoms with Crippen molar-refractivity contribution in [3.63, 3.8) is 0 Å². The number of nitrogens with one attached hydrogen (secondary N) is 1.